The van der Waals surface area contributed by atoms with Crippen LogP contribution in [0.3, 0.4) is 0 Å². The van der Waals surface area contributed by atoms with E-state index in [0.717, 1.165) is 16.9 Å². The van der Waals surface area contributed by atoms with Gasteiger partial charge >= 0.3 is 0 Å². The van der Waals surface area contributed by atoms with Crippen molar-refractivity contribution in [3.8, 4) is 5.69 Å². The van der Waals surface area contributed by atoms with E-state index in [2.05, 4.69) is 26.0 Å². The molecular formula is C14H13BrClFN4. The maximum absolute atomic E-state index is 14.4. The molecule has 2 aromatic heterocycles. The highest BCUT2D eigenvalue weighted by atomic mass is 79.9. The summed E-state index contributed by atoms with van der Waals surface area (Å²) in [6.07, 6.45) is 0. The normalized spacial score (nSPS) is 13.0. The van der Waals surface area contributed by atoms with Gasteiger partial charge in [-0.3, -0.25) is 4.57 Å². The number of halogens is 3. The van der Waals surface area contributed by atoms with Crippen LogP contribution in [0.4, 0.5) is 4.39 Å². The van der Waals surface area contributed by atoms with Crippen LogP contribution in [0.5, 0.6) is 0 Å². The highest BCUT2D eigenvalue weighted by Gasteiger charge is 2.24. The first-order valence-corrected chi connectivity index (χ1v) is 7.65. The molecule has 0 aliphatic carbocycles. The van der Waals surface area contributed by atoms with E-state index < -0.39 is 0 Å². The van der Waals surface area contributed by atoms with Crippen molar-refractivity contribution in [2.24, 2.45) is 7.05 Å². The Bertz CT molecular complexity index is 817. The third-order valence-corrected chi connectivity index (χ3v) is 4.18. The van der Waals surface area contributed by atoms with E-state index in [9.17, 15) is 4.39 Å². The molecule has 3 rings (SSSR count). The van der Waals surface area contributed by atoms with Gasteiger partial charge in [0, 0.05) is 11.5 Å². The quantitative estimate of drug-likeness (QED) is 0.631. The van der Waals surface area contributed by atoms with E-state index in [1.807, 2.05) is 20.9 Å². The number of imidazole rings is 1. The highest BCUT2D eigenvalue weighted by molar-refractivity contribution is 9.10. The van der Waals surface area contributed by atoms with Crippen LogP contribution < -0.4 is 0 Å². The Morgan fingerprint density at radius 1 is 1.38 bits per heavy atom. The van der Waals surface area contributed by atoms with Gasteiger partial charge in [0.05, 0.1) is 16.8 Å². The fraction of sp³-hybridized carbons (Fsp3) is 0.286. The summed E-state index contributed by atoms with van der Waals surface area (Å²) in [5.41, 5.74) is 2.64. The Labute approximate surface area is 134 Å². The Kier molecular flexibility index (Phi) is 3.53. The minimum atomic E-state index is -0.358. The minimum absolute atomic E-state index is 0.346. The van der Waals surface area contributed by atoms with Gasteiger partial charge in [-0.05, 0) is 41.9 Å². The molecule has 110 valence electrons. The number of hydrogen-bond donors (Lipinski definition) is 0. The fourth-order valence-electron chi connectivity index (χ4n) is 2.48. The van der Waals surface area contributed by atoms with Crippen molar-refractivity contribution < 1.29 is 4.39 Å². The summed E-state index contributed by atoms with van der Waals surface area (Å²) in [5, 5.41) is 3.99. The molecule has 0 N–H and O–H groups in total. The second-order valence-corrected chi connectivity index (χ2v) is 6.38. The van der Waals surface area contributed by atoms with Crippen LogP contribution >= 0.6 is 27.5 Å². The molecule has 4 nitrogen and oxygen atoms in total. The van der Waals surface area contributed by atoms with E-state index >= 15 is 0 Å². The zero-order valence-electron chi connectivity index (χ0n) is 11.7. The van der Waals surface area contributed by atoms with Gasteiger partial charge in [-0.1, -0.05) is 6.07 Å². The van der Waals surface area contributed by atoms with E-state index in [-0.39, 0.29) is 11.2 Å². The molecular weight excluding hydrogens is 359 g/mol. The zero-order chi connectivity index (χ0) is 15.3. The van der Waals surface area contributed by atoms with Crippen molar-refractivity contribution in [1.29, 1.82) is 0 Å². The number of rotatable bonds is 2. The smallest absolute Gasteiger partial charge is 0.163 e. The first-order chi connectivity index (χ1) is 9.91. The van der Waals surface area contributed by atoms with Crippen molar-refractivity contribution in [1.82, 2.24) is 19.3 Å². The number of aryl methyl sites for hydroxylation is 2. The Hall–Kier alpha value is -1.40. The van der Waals surface area contributed by atoms with Crippen molar-refractivity contribution in [3.63, 3.8) is 0 Å². The SMILES string of the molecule is Cc1nn(C)c2c1nc(C(C)Cl)n2-c1c(F)cccc1Br. The van der Waals surface area contributed by atoms with Gasteiger partial charge < -0.3 is 0 Å². The van der Waals surface area contributed by atoms with Crippen LogP contribution in [0, 0.1) is 12.7 Å². The molecule has 1 unspecified atom stereocenters. The lowest BCUT2D eigenvalue weighted by molar-refractivity contribution is 0.612. The minimum Gasteiger partial charge on any atom is -0.275 e. The summed E-state index contributed by atoms with van der Waals surface area (Å²) in [6.45, 7) is 3.69. The second kappa shape index (κ2) is 5.10. The first kappa shape index (κ1) is 14.5. The van der Waals surface area contributed by atoms with Crippen LogP contribution in [-0.4, -0.2) is 19.3 Å². The molecule has 1 atom stereocenters. The zero-order valence-corrected chi connectivity index (χ0v) is 14.1. The highest BCUT2D eigenvalue weighted by Crippen LogP contribution is 2.33. The third kappa shape index (κ3) is 2.17. The molecule has 3 aromatic rings. The first-order valence-electron chi connectivity index (χ1n) is 6.42. The second-order valence-electron chi connectivity index (χ2n) is 4.87. The van der Waals surface area contributed by atoms with Crippen LogP contribution in [0.25, 0.3) is 16.9 Å². The lowest BCUT2D eigenvalue weighted by atomic mass is 10.3. The van der Waals surface area contributed by atoms with Crippen LogP contribution in [0.1, 0.15) is 23.8 Å². The molecule has 0 spiro atoms. The van der Waals surface area contributed by atoms with E-state index in [1.54, 1.807) is 21.4 Å². The molecule has 0 amide bonds. The predicted octanol–water partition coefficient (Wildman–Crippen LogP) is 4.27. The summed E-state index contributed by atoms with van der Waals surface area (Å²) in [7, 11) is 1.81. The van der Waals surface area contributed by atoms with E-state index in [0.29, 0.717) is 16.0 Å². The monoisotopic (exact) mass is 370 g/mol. The number of para-hydroxylation sites is 1. The van der Waals surface area contributed by atoms with Gasteiger partial charge in [0.2, 0.25) is 0 Å². The topological polar surface area (TPSA) is 35.6 Å². The summed E-state index contributed by atoms with van der Waals surface area (Å²) in [5.74, 6) is 0.245. The van der Waals surface area contributed by atoms with Crippen LogP contribution in [0.2, 0.25) is 0 Å². The largest absolute Gasteiger partial charge is 0.275 e. The van der Waals surface area contributed by atoms with Crippen molar-refractivity contribution in [2.45, 2.75) is 19.2 Å². The lowest BCUT2D eigenvalue weighted by Crippen LogP contribution is -2.08. The van der Waals surface area contributed by atoms with Crippen molar-refractivity contribution in [3.05, 3.63) is 40.0 Å². The lowest BCUT2D eigenvalue weighted by Gasteiger charge is -2.13. The Morgan fingerprint density at radius 2 is 2.10 bits per heavy atom. The number of benzene rings is 1. The number of hydrogen-bond acceptors (Lipinski definition) is 2. The molecule has 21 heavy (non-hydrogen) atoms. The number of aromatic nitrogens is 4. The van der Waals surface area contributed by atoms with Gasteiger partial charge in [-0.15, -0.1) is 11.6 Å². The van der Waals surface area contributed by atoms with Gasteiger partial charge in [0.1, 0.15) is 17.2 Å². The molecule has 1 aromatic carbocycles. The van der Waals surface area contributed by atoms with Gasteiger partial charge in [-0.25, -0.2) is 14.1 Å². The summed E-state index contributed by atoms with van der Waals surface area (Å²) >= 11 is 9.65. The third-order valence-electron chi connectivity index (χ3n) is 3.35. The maximum Gasteiger partial charge on any atom is 0.163 e. The number of alkyl halides is 1. The Balaban J connectivity index is 2.48. The maximum atomic E-state index is 14.4. The molecule has 0 fully saturated rings. The number of fused-ring (bicyclic) bond motifs is 1. The molecule has 0 aliphatic rings. The molecule has 0 saturated carbocycles. The predicted molar refractivity (Wildman–Crippen MR) is 84.5 cm³/mol. The van der Waals surface area contributed by atoms with Crippen LogP contribution in [-0.2, 0) is 7.05 Å². The van der Waals surface area contributed by atoms with Gasteiger partial charge in [-0.2, -0.15) is 5.10 Å². The van der Waals surface area contributed by atoms with Crippen molar-refractivity contribution in [2.75, 3.05) is 0 Å². The molecule has 7 heteroatoms. The van der Waals surface area contributed by atoms with Gasteiger partial charge in [0.25, 0.3) is 0 Å². The van der Waals surface area contributed by atoms with Crippen LogP contribution in [0.15, 0.2) is 22.7 Å². The summed E-state index contributed by atoms with van der Waals surface area (Å²) in [6, 6.07) is 4.85. The van der Waals surface area contributed by atoms with Gasteiger partial charge in [0.15, 0.2) is 5.65 Å². The average molecular weight is 372 g/mol. The average Bonchev–Trinajstić information content (AvgIpc) is 2.90. The summed E-state index contributed by atoms with van der Waals surface area (Å²) in [4.78, 5) is 4.55. The fourth-order valence-corrected chi connectivity index (χ4v) is 3.15. The molecule has 0 aliphatic heterocycles. The standard InChI is InChI=1S/C14H13BrClFN4/c1-7(16)13-18-11-8(2)19-20(3)14(11)21(13)12-9(15)5-4-6-10(12)17/h4-7H,1-3H3. The molecule has 2 heterocycles. The Morgan fingerprint density at radius 3 is 2.71 bits per heavy atom. The van der Waals surface area contributed by atoms with E-state index in [4.69, 9.17) is 11.6 Å². The summed E-state index contributed by atoms with van der Waals surface area (Å²) < 4.78 is 18.4. The molecule has 0 radical (unpaired) electrons. The molecule has 0 saturated heterocycles. The number of nitrogens with zero attached hydrogens (tertiary/aromatic N) is 4. The van der Waals surface area contributed by atoms with E-state index in [1.165, 1.54) is 6.07 Å². The van der Waals surface area contributed by atoms with Crippen molar-refractivity contribution >= 4 is 38.7 Å². The molecule has 0 bridgehead atoms.